The van der Waals surface area contributed by atoms with Gasteiger partial charge in [0.15, 0.2) is 0 Å². The summed E-state index contributed by atoms with van der Waals surface area (Å²) in [6.45, 7) is 1.54. The second kappa shape index (κ2) is 5.79. The fraction of sp³-hybridized carbons (Fsp3) is 0.500. The molecule has 23 heavy (non-hydrogen) atoms. The fourth-order valence-electron chi connectivity index (χ4n) is 3.19. The minimum atomic E-state index is -2.98. The van der Waals surface area contributed by atoms with E-state index in [1.165, 1.54) is 4.90 Å². The summed E-state index contributed by atoms with van der Waals surface area (Å²) >= 11 is 0. The smallest absolute Gasteiger partial charge is 0.326 e. The third-order valence-electron chi connectivity index (χ3n) is 4.27. The van der Waals surface area contributed by atoms with Gasteiger partial charge in [0.1, 0.15) is 0 Å². The lowest BCUT2D eigenvalue weighted by molar-refractivity contribution is -0.139. The van der Waals surface area contributed by atoms with Crippen molar-refractivity contribution in [3.63, 3.8) is 0 Å². The predicted octanol–water partition coefficient (Wildman–Crippen LogP) is 2.54. The Morgan fingerprint density at radius 1 is 1.30 bits per heavy atom. The first-order chi connectivity index (χ1) is 10.8. The van der Waals surface area contributed by atoms with Crippen molar-refractivity contribution in [2.75, 3.05) is 13.1 Å². The highest BCUT2D eigenvalue weighted by Gasteiger charge is 2.31. The number of para-hydroxylation sites is 2. The topological polar surface area (TPSA) is 58.1 Å². The Morgan fingerprint density at radius 3 is 2.61 bits per heavy atom. The Labute approximate surface area is 131 Å². The number of piperidine rings is 1. The number of fused-ring (bicyclic) bond motifs is 1. The van der Waals surface area contributed by atoms with Crippen LogP contribution in [0.3, 0.4) is 0 Å². The molecule has 1 aliphatic rings. The predicted molar refractivity (Wildman–Crippen MR) is 82.6 cm³/mol. The molecule has 0 spiro atoms. The molecule has 0 bridgehead atoms. The number of nitrogens with one attached hydrogen (secondary N) is 1. The van der Waals surface area contributed by atoms with Crippen LogP contribution < -0.4 is 5.69 Å². The number of alkyl halides is 2. The molecule has 0 atom stereocenters. The van der Waals surface area contributed by atoms with Gasteiger partial charge >= 0.3 is 5.69 Å². The molecule has 1 saturated heterocycles. The van der Waals surface area contributed by atoms with Crippen molar-refractivity contribution in [3.05, 3.63) is 34.7 Å². The van der Waals surface area contributed by atoms with Crippen LogP contribution in [0.2, 0.25) is 0 Å². The van der Waals surface area contributed by atoms with Crippen LogP contribution in [-0.2, 0) is 4.79 Å². The number of likely N-dealkylation sites (tertiary alicyclic amines) is 1. The number of hydrogen-bond donors (Lipinski definition) is 1. The molecule has 2 heterocycles. The molecule has 0 aliphatic carbocycles. The summed E-state index contributed by atoms with van der Waals surface area (Å²) in [5, 5.41) is 0. The molecular formula is C16H19F2N3O2. The molecule has 0 saturated carbocycles. The normalized spacial score (nSPS) is 16.9. The first-order valence-electron chi connectivity index (χ1n) is 7.70. The molecule has 1 N–H and O–H groups in total. The van der Waals surface area contributed by atoms with Crippen LogP contribution in [0.5, 0.6) is 0 Å². The summed E-state index contributed by atoms with van der Waals surface area (Å²) in [4.78, 5) is 28.3. The maximum absolute atomic E-state index is 13.0. The third kappa shape index (κ3) is 3.28. The average molecular weight is 323 g/mol. The van der Waals surface area contributed by atoms with Gasteiger partial charge in [-0.2, -0.15) is 0 Å². The van der Waals surface area contributed by atoms with Crippen molar-refractivity contribution >= 4 is 16.9 Å². The van der Waals surface area contributed by atoms with Gasteiger partial charge in [0.05, 0.1) is 17.5 Å². The van der Waals surface area contributed by atoms with Gasteiger partial charge in [0, 0.05) is 19.1 Å². The number of halogens is 2. The second-order valence-corrected chi connectivity index (χ2v) is 6.18. The highest BCUT2D eigenvalue weighted by molar-refractivity contribution is 5.77. The Kier molecular flexibility index (Phi) is 3.95. The van der Waals surface area contributed by atoms with Gasteiger partial charge in [0.2, 0.25) is 5.91 Å². The quantitative estimate of drug-likeness (QED) is 0.944. The van der Waals surface area contributed by atoms with Crippen LogP contribution in [0.4, 0.5) is 8.78 Å². The van der Waals surface area contributed by atoms with E-state index in [1.807, 2.05) is 24.3 Å². The van der Waals surface area contributed by atoms with Gasteiger partial charge in [-0.25, -0.2) is 13.6 Å². The standard InChI is InChI=1S/C16H19F2N3O2/c1-16(17,18)10-14(22)20-8-6-11(7-9-20)21-13-5-3-2-4-12(13)19-15(21)23/h2-5,11H,6-10H2,1H3,(H,19,23). The summed E-state index contributed by atoms with van der Waals surface area (Å²) in [6, 6.07) is 7.42. The number of nitrogens with zero attached hydrogens (tertiary/aromatic N) is 2. The summed E-state index contributed by atoms with van der Waals surface area (Å²) < 4.78 is 27.6. The van der Waals surface area contributed by atoms with E-state index in [2.05, 4.69) is 4.98 Å². The number of amides is 1. The van der Waals surface area contributed by atoms with Gasteiger partial charge in [-0.3, -0.25) is 9.36 Å². The summed E-state index contributed by atoms with van der Waals surface area (Å²) in [5.74, 6) is -3.51. The van der Waals surface area contributed by atoms with Crippen LogP contribution in [0.15, 0.2) is 29.1 Å². The molecule has 1 aliphatic heterocycles. The number of imidazole rings is 1. The Bertz CT molecular complexity index is 767. The minimum Gasteiger partial charge on any atom is -0.342 e. The van der Waals surface area contributed by atoms with Crippen LogP contribution >= 0.6 is 0 Å². The second-order valence-electron chi connectivity index (χ2n) is 6.18. The largest absolute Gasteiger partial charge is 0.342 e. The minimum absolute atomic E-state index is 0.0233. The number of carbonyl (C=O) groups is 1. The molecule has 1 amide bonds. The van der Waals surface area contributed by atoms with Crippen LogP contribution in [-0.4, -0.2) is 39.4 Å². The molecule has 3 rings (SSSR count). The molecule has 124 valence electrons. The number of rotatable bonds is 3. The Balaban J connectivity index is 1.73. The number of carbonyl (C=O) groups excluding carboxylic acids is 1. The zero-order valence-electron chi connectivity index (χ0n) is 12.9. The zero-order chi connectivity index (χ0) is 16.6. The molecule has 0 unspecified atom stereocenters. The molecule has 1 fully saturated rings. The van der Waals surface area contributed by atoms with E-state index in [4.69, 9.17) is 0 Å². The van der Waals surface area contributed by atoms with Gasteiger partial charge in [-0.15, -0.1) is 0 Å². The summed E-state index contributed by atoms with van der Waals surface area (Å²) in [7, 11) is 0. The van der Waals surface area contributed by atoms with Crippen molar-refractivity contribution in [1.82, 2.24) is 14.5 Å². The van der Waals surface area contributed by atoms with E-state index in [0.29, 0.717) is 25.9 Å². The van der Waals surface area contributed by atoms with E-state index in [0.717, 1.165) is 18.0 Å². The van der Waals surface area contributed by atoms with E-state index >= 15 is 0 Å². The highest BCUT2D eigenvalue weighted by Crippen LogP contribution is 2.26. The van der Waals surface area contributed by atoms with Gasteiger partial charge in [-0.05, 0) is 31.9 Å². The van der Waals surface area contributed by atoms with E-state index < -0.39 is 18.3 Å². The third-order valence-corrected chi connectivity index (χ3v) is 4.27. The first-order valence-corrected chi connectivity index (χ1v) is 7.70. The summed E-state index contributed by atoms with van der Waals surface area (Å²) in [6.07, 6.45) is 0.413. The van der Waals surface area contributed by atoms with Gasteiger partial charge in [0.25, 0.3) is 5.92 Å². The number of H-pyrrole nitrogens is 1. The number of aromatic amines is 1. The average Bonchev–Trinajstić information content (AvgIpc) is 2.81. The molecular weight excluding hydrogens is 304 g/mol. The molecule has 2 aromatic rings. The number of hydrogen-bond acceptors (Lipinski definition) is 2. The zero-order valence-corrected chi connectivity index (χ0v) is 12.9. The lowest BCUT2D eigenvalue weighted by Crippen LogP contribution is -2.42. The first kappa shape index (κ1) is 15.7. The fourth-order valence-corrected chi connectivity index (χ4v) is 3.19. The van der Waals surface area contributed by atoms with Gasteiger partial charge in [-0.1, -0.05) is 12.1 Å². The highest BCUT2D eigenvalue weighted by atomic mass is 19.3. The Morgan fingerprint density at radius 2 is 1.96 bits per heavy atom. The Hall–Kier alpha value is -2.18. The van der Waals surface area contributed by atoms with Crippen molar-refractivity contribution in [2.24, 2.45) is 0 Å². The molecule has 1 aromatic carbocycles. The van der Waals surface area contributed by atoms with Crippen molar-refractivity contribution in [2.45, 2.75) is 38.2 Å². The van der Waals surface area contributed by atoms with Gasteiger partial charge < -0.3 is 9.88 Å². The van der Waals surface area contributed by atoms with Crippen molar-refractivity contribution in [1.29, 1.82) is 0 Å². The lowest BCUT2D eigenvalue weighted by atomic mass is 10.0. The van der Waals surface area contributed by atoms with Crippen LogP contribution in [0, 0.1) is 0 Å². The maximum atomic E-state index is 13.0. The maximum Gasteiger partial charge on any atom is 0.326 e. The van der Waals surface area contributed by atoms with Crippen molar-refractivity contribution < 1.29 is 13.6 Å². The van der Waals surface area contributed by atoms with E-state index in [1.54, 1.807) is 4.57 Å². The summed E-state index contributed by atoms with van der Waals surface area (Å²) in [5.41, 5.74) is 1.44. The monoisotopic (exact) mass is 323 g/mol. The number of aromatic nitrogens is 2. The molecule has 1 aromatic heterocycles. The van der Waals surface area contributed by atoms with Crippen LogP contribution in [0.25, 0.3) is 11.0 Å². The van der Waals surface area contributed by atoms with E-state index in [-0.39, 0.29) is 11.7 Å². The van der Waals surface area contributed by atoms with E-state index in [9.17, 15) is 18.4 Å². The van der Waals surface area contributed by atoms with Crippen molar-refractivity contribution in [3.8, 4) is 0 Å². The molecule has 0 radical (unpaired) electrons. The SMILES string of the molecule is CC(F)(F)CC(=O)N1CCC(n2c(=O)[nH]c3ccccc32)CC1. The van der Waals surface area contributed by atoms with Crippen LogP contribution in [0.1, 0.15) is 32.2 Å². The lowest BCUT2D eigenvalue weighted by Gasteiger charge is -2.33. The molecule has 5 nitrogen and oxygen atoms in total. The molecule has 7 heteroatoms. The number of benzene rings is 1.